The van der Waals surface area contributed by atoms with Crippen LogP contribution in [-0.4, -0.2) is 31.2 Å². The summed E-state index contributed by atoms with van der Waals surface area (Å²) in [7, 11) is 0. The molecule has 3 nitrogen and oxygen atoms in total. The van der Waals surface area contributed by atoms with Crippen LogP contribution in [0, 0.1) is 0 Å². The van der Waals surface area contributed by atoms with Gasteiger partial charge in [-0.3, -0.25) is 0 Å². The number of halogens is 1. The van der Waals surface area contributed by atoms with Crippen LogP contribution in [-0.2, 0) is 0 Å². The van der Waals surface area contributed by atoms with Gasteiger partial charge in [0.15, 0.2) is 0 Å². The Kier molecular flexibility index (Phi) is 2.87. The first-order valence-corrected chi connectivity index (χ1v) is 6.23. The molecule has 1 fully saturated rings. The maximum absolute atomic E-state index is 5.99. The summed E-state index contributed by atoms with van der Waals surface area (Å²) in [4.78, 5) is 6.82. The lowest BCUT2D eigenvalue weighted by Crippen LogP contribution is -2.43. The molecule has 1 aromatic carbocycles. The van der Waals surface area contributed by atoms with Crippen molar-refractivity contribution in [1.29, 1.82) is 0 Å². The van der Waals surface area contributed by atoms with Crippen molar-refractivity contribution < 1.29 is 0 Å². The highest BCUT2D eigenvalue weighted by Crippen LogP contribution is 2.26. The molecule has 0 atom stereocenters. The highest BCUT2D eigenvalue weighted by Gasteiger charge is 2.13. The molecule has 0 unspecified atom stereocenters. The van der Waals surface area contributed by atoms with Crippen LogP contribution < -0.4 is 10.2 Å². The second-order valence-corrected chi connectivity index (χ2v) is 4.61. The number of nitrogens with zero attached hydrogens (tertiary/aromatic N) is 2. The third kappa shape index (κ3) is 2.08. The molecule has 4 heteroatoms. The molecule has 2 aromatic rings. The van der Waals surface area contributed by atoms with E-state index in [1.165, 1.54) is 5.69 Å². The molecule has 1 aliphatic heterocycles. The lowest BCUT2D eigenvalue weighted by molar-refractivity contribution is 0.590. The topological polar surface area (TPSA) is 28.2 Å². The summed E-state index contributed by atoms with van der Waals surface area (Å²) in [5, 5.41) is 5.06. The van der Waals surface area contributed by atoms with E-state index in [-0.39, 0.29) is 0 Å². The largest absolute Gasteiger partial charge is 0.367 e. The fraction of sp³-hybridized carbons (Fsp3) is 0.308. The Labute approximate surface area is 105 Å². The first-order chi connectivity index (χ1) is 8.34. The van der Waals surface area contributed by atoms with Crippen LogP contribution in [0.25, 0.3) is 10.9 Å². The SMILES string of the molecule is Clc1ccc2cccc(N3CCNCC3)c2n1. The minimum atomic E-state index is 0.556. The standard InChI is InChI=1S/C13H14ClN3/c14-12-5-4-10-2-1-3-11(13(10)16-12)17-8-6-15-7-9-17/h1-5,15H,6-9H2. The number of hydrogen-bond acceptors (Lipinski definition) is 3. The third-order valence-corrected chi connectivity index (χ3v) is 3.33. The number of aromatic nitrogens is 1. The van der Waals surface area contributed by atoms with Crippen LogP contribution in [0.2, 0.25) is 5.15 Å². The van der Waals surface area contributed by atoms with Gasteiger partial charge in [-0.25, -0.2) is 4.98 Å². The van der Waals surface area contributed by atoms with Gasteiger partial charge in [0.1, 0.15) is 5.15 Å². The number of fused-ring (bicyclic) bond motifs is 1. The van der Waals surface area contributed by atoms with E-state index >= 15 is 0 Å². The molecule has 0 aliphatic carbocycles. The molecule has 1 aliphatic rings. The second-order valence-electron chi connectivity index (χ2n) is 4.22. The van der Waals surface area contributed by atoms with E-state index in [2.05, 4.69) is 33.4 Å². The molecule has 1 aromatic heterocycles. The van der Waals surface area contributed by atoms with E-state index in [1.54, 1.807) is 0 Å². The first-order valence-electron chi connectivity index (χ1n) is 5.85. The molecular weight excluding hydrogens is 234 g/mol. The van der Waals surface area contributed by atoms with Gasteiger partial charge >= 0.3 is 0 Å². The summed E-state index contributed by atoms with van der Waals surface area (Å²) in [5.74, 6) is 0. The highest BCUT2D eigenvalue weighted by molar-refractivity contribution is 6.29. The molecule has 2 heterocycles. The van der Waals surface area contributed by atoms with E-state index in [0.717, 1.165) is 37.1 Å². The van der Waals surface area contributed by atoms with Gasteiger partial charge in [-0.1, -0.05) is 23.7 Å². The molecule has 88 valence electrons. The Hall–Kier alpha value is -1.32. The monoisotopic (exact) mass is 247 g/mol. The van der Waals surface area contributed by atoms with Crippen LogP contribution in [0.15, 0.2) is 30.3 Å². The quantitative estimate of drug-likeness (QED) is 0.784. The number of hydrogen-bond donors (Lipinski definition) is 1. The van der Waals surface area contributed by atoms with Crippen molar-refractivity contribution in [3.05, 3.63) is 35.5 Å². The lowest BCUT2D eigenvalue weighted by Gasteiger charge is -2.30. The molecule has 17 heavy (non-hydrogen) atoms. The molecule has 0 amide bonds. The zero-order valence-corrected chi connectivity index (χ0v) is 10.2. The number of benzene rings is 1. The van der Waals surface area contributed by atoms with Gasteiger partial charge in [0.2, 0.25) is 0 Å². The zero-order valence-electron chi connectivity index (χ0n) is 9.49. The summed E-state index contributed by atoms with van der Waals surface area (Å²) in [5.41, 5.74) is 2.19. The van der Waals surface area contributed by atoms with Gasteiger partial charge < -0.3 is 10.2 Å². The number of anilines is 1. The average molecular weight is 248 g/mol. The highest BCUT2D eigenvalue weighted by atomic mass is 35.5. The zero-order chi connectivity index (χ0) is 11.7. The molecule has 0 radical (unpaired) electrons. The predicted octanol–water partition coefficient (Wildman–Crippen LogP) is 2.30. The van der Waals surface area contributed by atoms with Gasteiger partial charge in [-0.2, -0.15) is 0 Å². The van der Waals surface area contributed by atoms with Gasteiger partial charge in [0.05, 0.1) is 11.2 Å². The number of piperazine rings is 1. The van der Waals surface area contributed by atoms with Crippen molar-refractivity contribution in [2.75, 3.05) is 31.1 Å². The van der Waals surface area contributed by atoms with E-state index in [9.17, 15) is 0 Å². The minimum Gasteiger partial charge on any atom is -0.367 e. The second kappa shape index (κ2) is 4.51. The summed E-state index contributed by atoms with van der Waals surface area (Å²) < 4.78 is 0. The van der Waals surface area contributed by atoms with Crippen molar-refractivity contribution in [2.45, 2.75) is 0 Å². The molecule has 1 saturated heterocycles. The van der Waals surface area contributed by atoms with E-state index < -0.39 is 0 Å². The van der Waals surface area contributed by atoms with Crippen LogP contribution >= 0.6 is 11.6 Å². The van der Waals surface area contributed by atoms with Crippen molar-refractivity contribution in [1.82, 2.24) is 10.3 Å². The Bertz CT molecular complexity index is 535. The summed E-state index contributed by atoms with van der Waals surface area (Å²) in [6.45, 7) is 4.09. The predicted molar refractivity (Wildman–Crippen MR) is 71.8 cm³/mol. The van der Waals surface area contributed by atoms with Gasteiger partial charge in [-0.15, -0.1) is 0 Å². The molecule has 0 saturated carbocycles. The minimum absolute atomic E-state index is 0.556. The molecule has 3 rings (SSSR count). The molecule has 0 spiro atoms. The molecular formula is C13H14ClN3. The Morgan fingerprint density at radius 3 is 2.76 bits per heavy atom. The average Bonchev–Trinajstić information content (AvgIpc) is 2.39. The summed E-state index contributed by atoms with van der Waals surface area (Å²) in [6, 6.07) is 10.1. The van der Waals surface area contributed by atoms with Crippen LogP contribution in [0.3, 0.4) is 0 Å². The molecule has 0 bridgehead atoms. The van der Waals surface area contributed by atoms with Gasteiger partial charge in [-0.05, 0) is 18.2 Å². The van der Waals surface area contributed by atoms with Crippen LogP contribution in [0.5, 0.6) is 0 Å². The van der Waals surface area contributed by atoms with Crippen molar-refractivity contribution in [3.8, 4) is 0 Å². The first kappa shape index (κ1) is 10.8. The Balaban J connectivity index is 2.11. The lowest BCUT2D eigenvalue weighted by atomic mass is 10.1. The summed E-state index contributed by atoms with van der Waals surface area (Å²) >= 11 is 5.99. The number of rotatable bonds is 1. The smallest absolute Gasteiger partial charge is 0.129 e. The van der Waals surface area contributed by atoms with E-state index in [1.807, 2.05) is 12.1 Å². The van der Waals surface area contributed by atoms with Gasteiger partial charge in [0.25, 0.3) is 0 Å². The van der Waals surface area contributed by atoms with Crippen LogP contribution in [0.4, 0.5) is 5.69 Å². The summed E-state index contributed by atoms with van der Waals surface area (Å²) in [6.07, 6.45) is 0. The fourth-order valence-electron chi connectivity index (χ4n) is 2.27. The van der Waals surface area contributed by atoms with E-state index in [4.69, 9.17) is 11.6 Å². The fourth-order valence-corrected chi connectivity index (χ4v) is 2.42. The van der Waals surface area contributed by atoms with Crippen molar-refractivity contribution >= 4 is 28.2 Å². The van der Waals surface area contributed by atoms with Crippen molar-refractivity contribution in [2.24, 2.45) is 0 Å². The number of para-hydroxylation sites is 1. The van der Waals surface area contributed by atoms with E-state index in [0.29, 0.717) is 5.15 Å². The number of pyridine rings is 1. The maximum Gasteiger partial charge on any atom is 0.129 e. The van der Waals surface area contributed by atoms with Gasteiger partial charge in [0, 0.05) is 31.6 Å². The third-order valence-electron chi connectivity index (χ3n) is 3.12. The number of nitrogens with one attached hydrogen (secondary N) is 1. The normalized spacial score (nSPS) is 16.4. The Morgan fingerprint density at radius 2 is 1.94 bits per heavy atom. The Morgan fingerprint density at radius 1 is 1.12 bits per heavy atom. The van der Waals surface area contributed by atoms with Crippen molar-refractivity contribution in [3.63, 3.8) is 0 Å². The molecule has 1 N–H and O–H groups in total. The van der Waals surface area contributed by atoms with Crippen LogP contribution in [0.1, 0.15) is 0 Å². The maximum atomic E-state index is 5.99.